The van der Waals surface area contributed by atoms with Gasteiger partial charge in [0.15, 0.2) is 0 Å². The standard InChI is InChI=1S/C22H14O2/c23-19-10-9-14-5-1-3-7-17(14)20(19)21-18-8-4-2-6-15(18)13-16-11-12-24-22(16)21/h1-13,23H. The lowest BCUT2D eigenvalue weighted by Crippen LogP contribution is -1.86. The molecule has 0 aliphatic rings. The van der Waals surface area contributed by atoms with Crippen LogP contribution in [0.3, 0.4) is 0 Å². The monoisotopic (exact) mass is 310 g/mol. The SMILES string of the molecule is Oc1ccc2ccccc2c1-c1c2ccccc2cc2ccoc12. The highest BCUT2D eigenvalue weighted by molar-refractivity contribution is 6.16. The minimum absolute atomic E-state index is 0.266. The summed E-state index contributed by atoms with van der Waals surface area (Å²) in [6.45, 7) is 0. The highest BCUT2D eigenvalue weighted by Crippen LogP contribution is 2.44. The maximum atomic E-state index is 10.7. The van der Waals surface area contributed by atoms with Crippen LogP contribution in [0.5, 0.6) is 5.75 Å². The molecule has 0 saturated carbocycles. The number of phenolic OH excluding ortho intramolecular Hbond substituents is 1. The minimum Gasteiger partial charge on any atom is -0.507 e. The zero-order valence-electron chi connectivity index (χ0n) is 12.9. The number of aromatic hydroxyl groups is 1. The van der Waals surface area contributed by atoms with Crippen LogP contribution in [0.25, 0.3) is 43.6 Å². The molecule has 0 fully saturated rings. The first kappa shape index (κ1) is 13.2. The van der Waals surface area contributed by atoms with E-state index in [1.807, 2.05) is 42.5 Å². The summed E-state index contributed by atoms with van der Waals surface area (Å²) in [5.74, 6) is 0.266. The summed E-state index contributed by atoms with van der Waals surface area (Å²) in [4.78, 5) is 0. The lowest BCUT2D eigenvalue weighted by Gasteiger charge is -2.13. The Kier molecular flexibility index (Phi) is 2.68. The summed E-state index contributed by atoms with van der Waals surface area (Å²) < 4.78 is 5.80. The lowest BCUT2D eigenvalue weighted by atomic mass is 9.92. The minimum atomic E-state index is 0.266. The Balaban J connectivity index is 2.06. The average molecular weight is 310 g/mol. The van der Waals surface area contributed by atoms with Gasteiger partial charge in [-0.15, -0.1) is 0 Å². The van der Waals surface area contributed by atoms with E-state index in [2.05, 4.69) is 24.3 Å². The normalized spacial score (nSPS) is 11.5. The van der Waals surface area contributed by atoms with Crippen LogP contribution in [-0.4, -0.2) is 5.11 Å². The number of rotatable bonds is 1. The van der Waals surface area contributed by atoms with Gasteiger partial charge in [0.25, 0.3) is 0 Å². The van der Waals surface area contributed by atoms with Gasteiger partial charge in [0.2, 0.25) is 0 Å². The van der Waals surface area contributed by atoms with Gasteiger partial charge in [-0.05, 0) is 39.7 Å². The fourth-order valence-corrected chi connectivity index (χ4v) is 3.55. The molecule has 24 heavy (non-hydrogen) atoms. The summed E-state index contributed by atoms with van der Waals surface area (Å²) in [6.07, 6.45) is 1.70. The summed E-state index contributed by atoms with van der Waals surface area (Å²) in [7, 11) is 0. The highest BCUT2D eigenvalue weighted by Gasteiger charge is 2.17. The van der Waals surface area contributed by atoms with Crippen LogP contribution in [0.4, 0.5) is 0 Å². The number of phenols is 1. The highest BCUT2D eigenvalue weighted by atomic mass is 16.3. The van der Waals surface area contributed by atoms with Gasteiger partial charge in [-0.2, -0.15) is 0 Å². The number of hydrogen-bond acceptors (Lipinski definition) is 2. The van der Waals surface area contributed by atoms with Crippen molar-refractivity contribution in [3.63, 3.8) is 0 Å². The third kappa shape index (κ3) is 1.77. The maximum absolute atomic E-state index is 10.7. The van der Waals surface area contributed by atoms with Crippen LogP contribution in [0.1, 0.15) is 0 Å². The van der Waals surface area contributed by atoms with E-state index in [1.54, 1.807) is 12.3 Å². The molecule has 0 bridgehead atoms. The molecule has 0 spiro atoms. The van der Waals surface area contributed by atoms with E-state index in [9.17, 15) is 5.11 Å². The van der Waals surface area contributed by atoms with E-state index in [4.69, 9.17) is 4.42 Å². The Morgan fingerprint density at radius 3 is 2.17 bits per heavy atom. The van der Waals surface area contributed by atoms with Crippen molar-refractivity contribution in [3.05, 3.63) is 79.1 Å². The van der Waals surface area contributed by atoms with Gasteiger partial charge in [0, 0.05) is 16.5 Å². The first-order valence-corrected chi connectivity index (χ1v) is 7.93. The molecule has 4 aromatic carbocycles. The molecular formula is C22H14O2. The second kappa shape index (κ2) is 4.87. The van der Waals surface area contributed by atoms with Gasteiger partial charge in [-0.1, -0.05) is 54.6 Å². The number of fused-ring (bicyclic) bond motifs is 3. The van der Waals surface area contributed by atoms with E-state index >= 15 is 0 Å². The maximum Gasteiger partial charge on any atom is 0.142 e. The van der Waals surface area contributed by atoms with Crippen molar-refractivity contribution in [1.82, 2.24) is 0 Å². The first-order valence-electron chi connectivity index (χ1n) is 7.93. The van der Waals surface area contributed by atoms with E-state index < -0.39 is 0 Å². The van der Waals surface area contributed by atoms with Crippen LogP contribution in [-0.2, 0) is 0 Å². The van der Waals surface area contributed by atoms with Crippen LogP contribution in [0, 0.1) is 0 Å². The van der Waals surface area contributed by atoms with Gasteiger partial charge >= 0.3 is 0 Å². The Morgan fingerprint density at radius 2 is 1.33 bits per heavy atom. The van der Waals surface area contributed by atoms with E-state index in [0.29, 0.717) is 0 Å². The Morgan fingerprint density at radius 1 is 0.625 bits per heavy atom. The van der Waals surface area contributed by atoms with Gasteiger partial charge in [-0.25, -0.2) is 0 Å². The largest absolute Gasteiger partial charge is 0.507 e. The molecule has 0 atom stereocenters. The fourth-order valence-electron chi connectivity index (χ4n) is 3.55. The molecule has 2 nitrogen and oxygen atoms in total. The number of furan rings is 1. The third-order valence-corrected chi connectivity index (χ3v) is 4.62. The number of hydrogen-bond donors (Lipinski definition) is 1. The van der Waals surface area contributed by atoms with E-state index in [1.165, 1.54) is 0 Å². The number of benzene rings is 4. The second-order valence-electron chi connectivity index (χ2n) is 5.99. The van der Waals surface area contributed by atoms with Crippen LogP contribution >= 0.6 is 0 Å². The Labute approximate surface area is 138 Å². The molecule has 114 valence electrons. The molecule has 0 aliphatic heterocycles. The molecule has 2 heteroatoms. The molecular weight excluding hydrogens is 296 g/mol. The Hall–Kier alpha value is -3.26. The van der Waals surface area contributed by atoms with Crippen molar-refractivity contribution < 1.29 is 9.52 Å². The summed E-state index contributed by atoms with van der Waals surface area (Å²) in [6, 6.07) is 24.1. The van der Waals surface area contributed by atoms with E-state index in [-0.39, 0.29) is 5.75 Å². The Bertz CT molecular complexity index is 1210. The molecule has 0 saturated heterocycles. The van der Waals surface area contributed by atoms with Crippen molar-refractivity contribution in [2.24, 2.45) is 0 Å². The zero-order chi connectivity index (χ0) is 16.1. The fraction of sp³-hybridized carbons (Fsp3) is 0. The van der Waals surface area contributed by atoms with Crippen LogP contribution in [0.2, 0.25) is 0 Å². The zero-order valence-corrected chi connectivity index (χ0v) is 12.9. The molecule has 0 amide bonds. The van der Waals surface area contributed by atoms with E-state index in [0.717, 1.165) is 43.6 Å². The van der Waals surface area contributed by atoms with Gasteiger partial charge in [0.05, 0.1) is 6.26 Å². The molecule has 5 aromatic rings. The topological polar surface area (TPSA) is 33.4 Å². The van der Waals surface area contributed by atoms with Crippen molar-refractivity contribution >= 4 is 32.5 Å². The summed E-state index contributed by atoms with van der Waals surface area (Å²) in [5, 5.41) is 16.0. The predicted octanol–water partition coefficient (Wildman–Crippen LogP) is 6.11. The van der Waals surface area contributed by atoms with Gasteiger partial charge < -0.3 is 9.52 Å². The summed E-state index contributed by atoms with van der Waals surface area (Å²) in [5.41, 5.74) is 2.58. The van der Waals surface area contributed by atoms with Crippen molar-refractivity contribution in [1.29, 1.82) is 0 Å². The smallest absolute Gasteiger partial charge is 0.142 e. The predicted molar refractivity (Wildman–Crippen MR) is 98.3 cm³/mol. The molecule has 1 heterocycles. The van der Waals surface area contributed by atoms with Crippen molar-refractivity contribution in [3.8, 4) is 16.9 Å². The molecule has 0 aliphatic carbocycles. The summed E-state index contributed by atoms with van der Waals surface area (Å²) >= 11 is 0. The average Bonchev–Trinajstić information content (AvgIpc) is 3.08. The lowest BCUT2D eigenvalue weighted by molar-refractivity contribution is 0.478. The molecule has 5 rings (SSSR count). The van der Waals surface area contributed by atoms with Crippen LogP contribution in [0.15, 0.2) is 83.5 Å². The van der Waals surface area contributed by atoms with Crippen molar-refractivity contribution in [2.75, 3.05) is 0 Å². The quantitative estimate of drug-likeness (QED) is 0.405. The first-order chi connectivity index (χ1) is 11.8. The molecule has 1 N–H and O–H groups in total. The van der Waals surface area contributed by atoms with Crippen LogP contribution < -0.4 is 0 Å². The van der Waals surface area contributed by atoms with Gasteiger partial charge in [-0.3, -0.25) is 0 Å². The molecule has 0 radical (unpaired) electrons. The van der Waals surface area contributed by atoms with Gasteiger partial charge in [0.1, 0.15) is 11.3 Å². The molecule has 1 aromatic heterocycles. The molecule has 0 unspecified atom stereocenters. The van der Waals surface area contributed by atoms with Crippen molar-refractivity contribution in [2.45, 2.75) is 0 Å². The second-order valence-corrected chi connectivity index (χ2v) is 5.99. The third-order valence-electron chi connectivity index (χ3n) is 4.62.